The molecule has 1 aliphatic heterocycles. The van der Waals surface area contributed by atoms with E-state index in [-0.39, 0.29) is 28.2 Å². The van der Waals surface area contributed by atoms with Gasteiger partial charge in [0.1, 0.15) is 0 Å². The zero-order chi connectivity index (χ0) is 17.1. The molecule has 2 aromatic carbocycles. The van der Waals surface area contributed by atoms with Crippen molar-refractivity contribution in [1.29, 1.82) is 0 Å². The highest BCUT2D eigenvalue weighted by atomic mass is 35.5. The summed E-state index contributed by atoms with van der Waals surface area (Å²) in [4.78, 5) is 25.1. The minimum Gasteiger partial charge on any atom is -0.335 e. The molecule has 24 heavy (non-hydrogen) atoms. The molecule has 6 heteroatoms. The first-order chi connectivity index (χ1) is 11.6. The second kappa shape index (κ2) is 7.01. The van der Waals surface area contributed by atoms with Crippen molar-refractivity contribution in [3.8, 4) is 0 Å². The molecule has 1 heterocycles. The number of carbonyl (C=O) groups excluding carboxylic acids is 1. The van der Waals surface area contributed by atoms with Crippen molar-refractivity contribution in [1.82, 2.24) is 4.90 Å². The number of nitro benzene ring substituents is 1. The van der Waals surface area contributed by atoms with Crippen molar-refractivity contribution in [3.63, 3.8) is 0 Å². The first-order valence-corrected chi connectivity index (χ1v) is 8.23. The van der Waals surface area contributed by atoms with Gasteiger partial charge < -0.3 is 4.90 Å². The summed E-state index contributed by atoms with van der Waals surface area (Å²) in [6.07, 6.45) is 2.63. The maximum Gasteiger partial charge on any atom is 0.270 e. The first kappa shape index (κ1) is 16.5. The van der Waals surface area contributed by atoms with Crippen molar-refractivity contribution >= 4 is 23.2 Å². The number of nitro groups is 1. The average molecular weight is 345 g/mol. The van der Waals surface area contributed by atoms with Gasteiger partial charge in [-0.2, -0.15) is 0 Å². The Morgan fingerprint density at radius 2 is 2.00 bits per heavy atom. The fourth-order valence-electron chi connectivity index (χ4n) is 3.15. The van der Waals surface area contributed by atoms with Crippen LogP contribution in [0.25, 0.3) is 0 Å². The Balaban J connectivity index is 1.83. The predicted octanol–water partition coefficient (Wildman–Crippen LogP) is 4.10. The Morgan fingerprint density at radius 1 is 1.25 bits per heavy atom. The third-order valence-corrected chi connectivity index (χ3v) is 4.67. The second-order valence-electron chi connectivity index (χ2n) is 5.91. The molecule has 0 N–H and O–H groups in total. The zero-order valence-electron chi connectivity index (χ0n) is 13.0. The van der Waals surface area contributed by atoms with Gasteiger partial charge >= 0.3 is 0 Å². The number of nitrogens with zero attached hydrogens (tertiary/aromatic N) is 2. The summed E-state index contributed by atoms with van der Waals surface area (Å²) in [7, 11) is 0. The number of non-ortho nitro benzene ring substituents is 1. The van der Waals surface area contributed by atoms with Crippen molar-refractivity contribution in [2.75, 3.05) is 6.54 Å². The van der Waals surface area contributed by atoms with Crippen LogP contribution in [-0.2, 0) is 6.42 Å². The van der Waals surface area contributed by atoms with E-state index in [1.165, 1.54) is 23.8 Å². The van der Waals surface area contributed by atoms with Crippen LogP contribution >= 0.6 is 11.6 Å². The van der Waals surface area contributed by atoms with Gasteiger partial charge in [0.2, 0.25) is 0 Å². The van der Waals surface area contributed by atoms with E-state index < -0.39 is 4.92 Å². The van der Waals surface area contributed by atoms with E-state index in [9.17, 15) is 14.9 Å². The van der Waals surface area contributed by atoms with Gasteiger partial charge in [-0.3, -0.25) is 14.9 Å². The summed E-state index contributed by atoms with van der Waals surface area (Å²) in [6.45, 7) is 0.648. The van der Waals surface area contributed by atoms with Crippen molar-refractivity contribution in [2.24, 2.45) is 0 Å². The van der Waals surface area contributed by atoms with Gasteiger partial charge in [-0.25, -0.2) is 0 Å². The second-order valence-corrected chi connectivity index (χ2v) is 6.31. The van der Waals surface area contributed by atoms with Crippen molar-refractivity contribution in [3.05, 3.63) is 74.8 Å². The quantitative estimate of drug-likeness (QED) is 0.619. The molecule has 0 spiro atoms. The van der Waals surface area contributed by atoms with Gasteiger partial charge in [0.25, 0.3) is 11.6 Å². The zero-order valence-corrected chi connectivity index (χ0v) is 13.8. The molecule has 0 bridgehead atoms. The van der Waals surface area contributed by atoms with E-state index in [1.807, 2.05) is 30.3 Å². The van der Waals surface area contributed by atoms with Gasteiger partial charge in [-0.1, -0.05) is 41.9 Å². The fraction of sp³-hybridized carbons (Fsp3) is 0.278. The van der Waals surface area contributed by atoms with Crippen LogP contribution in [0.15, 0.2) is 48.5 Å². The Bertz CT molecular complexity index is 764. The number of carbonyl (C=O) groups is 1. The summed E-state index contributed by atoms with van der Waals surface area (Å²) < 4.78 is 0. The first-order valence-electron chi connectivity index (χ1n) is 7.85. The molecular weight excluding hydrogens is 328 g/mol. The highest BCUT2D eigenvalue weighted by Gasteiger charge is 2.31. The van der Waals surface area contributed by atoms with Gasteiger partial charge in [0.15, 0.2) is 0 Å². The lowest BCUT2D eigenvalue weighted by molar-refractivity contribution is -0.384. The number of rotatable bonds is 4. The van der Waals surface area contributed by atoms with E-state index >= 15 is 0 Å². The Kier molecular flexibility index (Phi) is 4.81. The topological polar surface area (TPSA) is 63.4 Å². The molecule has 2 aromatic rings. The molecular formula is C18H17ClN2O3. The lowest BCUT2D eigenvalue weighted by atomic mass is 10.0. The highest BCUT2D eigenvalue weighted by molar-refractivity contribution is 6.34. The molecule has 3 rings (SSSR count). The summed E-state index contributed by atoms with van der Waals surface area (Å²) >= 11 is 6.11. The Labute approximate surface area is 145 Å². The van der Waals surface area contributed by atoms with E-state index in [0.29, 0.717) is 6.54 Å². The molecule has 1 unspecified atom stereocenters. The van der Waals surface area contributed by atoms with Crippen LogP contribution in [0.1, 0.15) is 28.8 Å². The van der Waals surface area contributed by atoms with E-state index in [0.717, 1.165) is 19.3 Å². The molecule has 0 aromatic heterocycles. The van der Waals surface area contributed by atoms with E-state index in [2.05, 4.69) is 0 Å². The summed E-state index contributed by atoms with van der Waals surface area (Å²) in [5.74, 6) is -0.234. The standard InChI is InChI=1S/C18H17ClN2O3/c19-17-9-8-15(21(23)24)12-16(17)18(22)20-10-4-7-14(20)11-13-5-2-1-3-6-13/h1-3,5-6,8-9,12,14H,4,7,10-11H2. The van der Waals surface area contributed by atoms with Gasteiger partial charge in [-0.05, 0) is 30.9 Å². The van der Waals surface area contributed by atoms with E-state index in [4.69, 9.17) is 11.6 Å². The minimum absolute atomic E-state index is 0.0928. The third-order valence-electron chi connectivity index (χ3n) is 4.34. The molecule has 0 aliphatic carbocycles. The van der Waals surface area contributed by atoms with Gasteiger partial charge in [0, 0.05) is 24.7 Å². The third kappa shape index (κ3) is 3.41. The summed E-state index contributed by atoms with van der Waals surface area (Å²) in [5.41, 5.74) is 1.25. The van der Waals surface area contributed by atoms with Crippen LogP contribution in [0.3, 0.4) is 0 Å². The number of halogens is 1. The molecule has 1 saturated heterocycles. The van der Waals surface area contributed by atoms with Crippen LogP contribution in [0.4, 0.5) is 5.69 Å². The van der Waals surface area contributed by atoms with Crippen LogP contribution in [-0.4, -0.2) is 28.3 Å². The van der Waals surface area contributed by atoms with Crippen molar-refractivity contribution in [2.45, 2.75) is 25.3 Å². The Morgan fingerprint density at radius 3 is 2.71 bits per heavy atom. The molecule has 1 fully saturated rings. The number of hydrogen-bond acceptors (Lipinski definition) is 3. The minimum atomic E-state index is -0.515. The Hall–Kier alpha value is -2.40. The van der Waals surface area contributed by atoms with E-state index in [1.54, 1.807) is 4.90 Å². The molecule has 5 nitrogen and oxygen atoms in total. The largest absolute Gasteiger partial charge is 0.335 e. The monoisotopic (exact) mass is 344 g/mol. The average Bonchev–Trinajstić information content (AvgIpc) is 3.03. The number of amides is 1. The lowest BCUT2D eigenvalue weighted by Gasteiger charge is -2.25. The highest BCUT2D eigenvalue weighted by Crippen LogP contribution is 2.28. The van der Waals surface area contributed by atoms with Crippen LogP contribution in [0.5, 0.6) is 0 Å². The number of hydrogen-bond donors (Lipinski definition) is 0. The number of likely N-dealkylation sites (tertiary alicyclic amines) is 1. The molecule has 1 amide bonds. The van der Waals surface area contributed by atoms with Crippen LogP contribution in [0, 0.1) is 10.1 Å². The smallest absolute Gasteiger partial charge is 0.270 e. The molecule has 1 aliphatic rings. The van der Waals surface area contributed by atoms with Crippen LogP contribution in [0.2, 0.25) is 5.02 Å². The van der Waals surface area contributed by atoms with Gasteiger partial charge in [-0.15, -0.1) is 0 Å². The van der Waals surface area contributed by atoms with Gasteiger partial charge in [0.05, 0.1) is 15.5 Å². The molecule has 1 atom stereocenters. The summed E-state index contributed by atoms with van der Waals surface area (Å²) in [6, 6.07) is 14.1. The maximum atomic E-state index is 12.9. The fourth-order valence-corrected chi connectivity index (χ4v) is 3.35. The summed E-state index contributed by atoms with van der Waals surface area (Å²) in [5, 5.41) is 11.2. The van der Waals surface area contributed by atoms with Crippen LogP contribution < -0.4 is 0 Å². The lowest BCUT2D eigenvalue weighted by Crippen LogP contribution is -2.37. The predicted molar refractivity (Wildman–Crippen MR) is 92.3 cm³/mol. The molecule has 0 radical (unpaired) electrons. The van der Waals surface area contributed by atoms with Crippen molar-refractivity contribution < 1.29 is 9.72 Å². The normalized spacial score (nSPS) is 17.0. The maximum absolute atomic E-state index is 12.9. The number of benzene rings is 2. The molecule has 124 valence electrons. The SMILES string of the molecule is O=C(c1cc([N+](=O)[O-])ccc1Cl)N1CCCC1Cc1ccccc1. The molecule has 0 saturated carbocycles.